The van der Waals surface area contributed by atoms with Crippen molar-refractivity contribution in [2.24, 2.45) is 5.41 Å². The van der Waals surface area contributed by atoms with E-state index in [1.54, 1.807) is 72.9 Å². The fourth-order valence-corrected chi connectivity index (χ4v) is 6.28. The molecule has 0 saturated heterocycles. The number of hydrogen-bond donors (Lipinski definition) is 6. The van der Waals surface area contributed by atoms with E-state index < -0.39 is 28.9 Å². The van der Waals surface area contributed by atoms with Gasteiger partial charge in [-0.25, -0.2) is 14.6 Å². The van der Waals surface area contributed by atoms with Gasteiger partial charge < -0.3 is 26.2 Å². The van der Waals surface area contributed by atoms with E-state index in [0.29, 0.717) is 35.6 Å². The van der Waals surface area contributed by atoms with Gasteiger partial charge in [-0.05, 0) is 69.0 Å². The molecular weight excluding hydrogens is 608 g/mol. The number of nitrogens with one attached hydrogen (secondary N) is 4. The molecule has 46 heavy (non-hydrogen) atoms. The minimum absolute atomic E-state index is 0.158. The van der Waals surface area contributed by atoms with Crippen LogP contribution in [0.15, 0.2) is 48.5 Å². The second kappa shape index (κ2) is 14.2. The molecule has 0 fully saturated rings. The monoisotopic (exact) mass is 652 g/mol. The summed E-state index contributed by atoms with van der Waals surface area (Å²) in [5, 5.41) is 31.6. The molecule has 1 unspecified atom stereocenters. The number of rotatable bonds is 11. The van der Waals surface area contributed by atoms with Crippen molar-refractivity contribution in [2.75, 3.05) is 17.7 Å². The Hall–Kier alpha value is -4.65. The van der Waals surface area contributed by atoms with Gasteiger partial charge in [-0.1, -0.05) is 45.0 Å². The number of aromatic nitrogens is 1. The topological polar surface area (TPSA) is 173 Å². The van der Waals surface area contributed by atoms with E-state index in [1.165, 1.54) is 18.3 Å². The summed E-state index contributed by atoms with van der Waals surface area (Å²) < 4.78 is 0. The third kappa shape index (κ3) is 8.75. The molecule has 0 bridgehead atoms. The van der Waals surface area contributed by atoms with Crippen molar-refractivity contribution < 1.29 is 29.4 Å². The van der Waals surface area contributed by atoms with Gasteiger partial charge in [-0.2, -0.15) is 0 Å². The average Bonchev–Trinajstić information content (AvgIpc) is 3.30. The van der Waals surface area contributed by atoms with Crippen LogP contribution in [0.3, 0.4) is 0 Å². The first-order chi connectivity index (χ1) is 21.4. The van der Waals surface area contributed by atoms with E-state index in [4.69, 9.17) is 0 Å². The summed E-state index contributed by atoms with van der Waals surface area (Å²) in [6, 6.07) is 14.7. The van der Waals surface area contributed by atoms with Crippen LogP contribution in [0.4, 0.5) is 20.4 Å². The summed E-state index contributed by atoms with van der Waals surface area (Å²) in [5.41, 5.74) is 2.08. The smallest absolute Gasteiger partial charge is 0.411 e. The lowest BCUT2D eigenvalue weighted by molar-refractivity contribution is -0.114. The molecule has 1 aromatic heterocycles. The Balaban J connectivity index is 1.86. The lowest BCUT2D eigenvalue weighted by Crippen LogP contribution is -2.76. The largest absolute Gasteiger partial charge is 0.465 e. The van der Waals surface area contributed by atoms with Gasteiger partial charge in [0.1, 0.15) is 0 Å². The number of thiazole rings is 1. The van der Waals surface area contributed by atoms with Gasteiger partial charge in [0.25, 0.3) is 5.91 Å². The van der Waals surface area contributed by atoms with Crippen LogP contribution in [-0.2, 0) is 24.1 Å². The van der Waals surface area contributed by atoms with Gasteiger partial charge in [0, 0.05) is 47.5 Å². The predicted octanol–water partition coefficient (Wildman–Crippen LogP) is 6.00. The molecule has 3 rings (SSSR count). The number of carbonyl (C=O) groups excluding carboxylic acids is 2. The molecule has 6 N–H and O–H groups in total. The van der Waals surface area contributed by atoms with Crippen LogP contribution in [0.1, 0.15) is 80.5 Å². The number of carboxylic acid groups (broad SMARTS) is 2. The maximum Gasteiger partial charge on any atom is 0.411 e. The van der Waals surface area contributed by atoms with Gasteiger partial charge >= 0.3 is 12.2 Å². The van der Waals surface area contributed by atoms with Crippen LogP contribution >= 0.6 is 11.3 Å². The summed E-state index contributed by atoms with van der Waals surface area (Å²) in [7, 11) is 1.59. The first-order valence-electron chi connectivity index (χ1n) is 14.8. The van der Waals surface area contributed by atoms with Crippen molar-refractivity contribution >= 4 is 46.2 Å². The fraction of sp³-hybridized carbons (Fsp3) is 0.424. The van der Waals surface area contributed by atoms with Gasteiger partial charge in [-0.3, -0.25) is 19.8 Å². The molecule has 1 atom stereocenters. The first kappa shape index (κ1) is 35.8. The third-order valence-electron chi connectivity index (χ3n) is 7.37. The normalized spacial score (nSPS) is 12.9. The summed E-state index contributed by atoms with van der Waals surface area (Å²) in [5.74, 6) is -2.07. The highest BCUT2D eigenvalue weighted by Crippen LogP contribution is 2.39. The van der Waals surface area contributed by atoms with E-state index in [9.17, 15) is 29.4 Å². The third-order valence-corrected chi connectivity index (χ3v) is 8.38. The zero-order valence-corrected chi connectivity index (χ0v) is 28.4. The Morgan fingerprint density at radius 1 is 0.870 bits per heavy atom. The van der Waals surface area contributed by atoms with Gasteiger partial charge in [0.15, 0.2) is 5.13 Å². The number of anilines is 2. The van der Waals surface area contributed by atoms with Crippen LogP contribution < -0.4 is 21.3 Å². The quantitative estimate of drug-likeness (QED) is 0.137. The van der Waals surface area contributed by atoms with Gasteiger partial charge in [-0.15, -0.1) is 11.3 Å². The Labute approximate surface area is 273 Å². The Kier molecular flexibility index (Phi) is 11.1. The van der Waals surface area contributed by atoms with E-state index in [-0.39, 0.29) is 11.8 Å². The van der Waals surface area contributed by atoms with Crippen molar-refractivity contribution in [3.05, 3.63) is 75.8 Å². The average molecular weight is 653 g/mol. The zero-order chi connectivity index (χ0) is 34.4. The molecule has 0 aliphatic carbocycles. The fourth-order valence-electron chi connectivity index (χ4n) is 5.19. The van der Waals surface area contributed by atoms with Crippen molar-refractivity contribution in [1.82, 2.24) is 20.5 Å². The zero-order valence-electron chi connectivity index (χ0n) is 27.6. The SMILES string of the molecule is CNC(=O)c1ccc(Cc2sc(NC(C)=O)nc2CCc2ccc(NC(NC(=O)O)(N(C(=O)O)C(C)(C)C)C(C)(C)C)cc2)cc1. The van der Waals surface area contributed by atoms with Crippen molar-refractivity contribution in [1.29, 1.82) is 0 Å². The van der Waals surface area contributed by atoms with E-state index in [0.717, 1.165) is 26.6 Å². The molecule has 12 nitrogen and oxygen atoms in total. The Morgan fingerprint density at radius 2 is 1.46 bits per heavy atom. The summed E-state index contributed by atoms with van der Waals surface area (Å²) in [6.45, 7) is 11.9. The van der Waals surface area contributed by atoms with Crippen molar-refractivity contribution in [2.45, 2.75) is 79.1 Å². The molecule has 0 aliphatic rings. The van der Waals surface area contributed by atoms with Crippen LogP contribution in [-0.4, -0.2) is 62.5 Å². The Morgan fingerprint density at radius 3 is 1.93 bits per heavy atom. The number of amides is 4. The molecule has 0 radical (unpaired) electrons. The van der Waals surface area contributed by atoms with Crippen LogP contribution in [0.2, 0.25) is 0 Å². The van der Waals surface area contributed by atoms with Crippen molar-refractivity contribution in [3.63, 3.8) is 0 Å². The van der Waals surface area contributed by atoms with Gasteiger partial charge in [0.2, 0.25) is 11.7 Å². The Bertz CT molecular complexity index is 1560. The molecule has 13 heteroatoms. The molecule has 0 saturated carbocycles. The maximum absolute atomic E-state index is 12.6. The lowest BCUT2D eigenvalue weighted by atomic mass is 9.82. The summed E-state index contributed by atoms with van der Waals surface area (Å²) >= 11 is 1.42. The highest BCUT2D eigenvalue weighted by atomic mass is 32.1. The standard InChI is InChI=1S/C33H44N6O6S/c1-20(40)35-28-36-25(26(46-28)19-22-9-14-23(15-10-22)27(41)34-8)18-13-21-11-16-24(17-12-21)37-33(31(2,3)4,38-29(42)43)39(30(44)45)32(5,6)7/h9-12,14-17,37-38H,13,18-19H2,1-8H3,(H,34,41)(H,42,43)(H,44,45)(H,35,36,40). The molecule has 3 aromatic rings. The summed E-state index contributed by atoms with van der Waals surface area (Å²) in [6.07, 6.45) is -0.830. The van der Waals surface area contributed by atoms with E-state index in [2.05, 4.69) is 26.3 Å². The van der Waals surface area contributed by atoms with Crippen LogP contribution in [0.5, 0.6) is 0 Å². The highest BCUT2D eigenvalue weighted by Gasteiger charge is 2.54. The molecule has 2 aromatic carbocycles. The van der Waals surface area contributed by atoms with Gasteiger partial charge in [0.05, 0.1) is 5.69 Å². The second-order valence-corrected chi connectivity index (χ2v) is 14.1. The molecule has 248 valence electrons. The summed E-state index contributed by atoms with van der Waals surface area (Å²) in [4.78, 5) is 55.0. The van der Waals surface area contributed by atoms with Crippen LogP contribution in [0.25, 0.3) is 0 Å². The molecule has 0 aliphatic heterocycles. The van der Waals surface area contributed by atoms with E-state index >= 15 is 0 Å². The highest BCUT2D eigenvalue weighted by molar-refractivity contribution is 7.15. The number of hydrogen-bond acceptors (Lipinski definition) is 7. The van der Waals surface area contributed by atoms with Crippen molar-refractivity contribution in [3.8, 4) is 0 Å². The first-order valence-corrected chi connectivity index (χ1v) is 15.7. The number of nitrogens with zero attached hydrogens (tertiary/aromatic N) is 2. The molecule has 4 amide bonds. The second-order valence-electron chi connectivity index (χ2n) is 13.0. The number of aryl methyl sites for hydroxylation is 2. The molecule has 0 spiro atoms. The van der Waals surface area contributed by atoms with E-state index in [1.807, 2.05) is 24.3 Å². The molecule has 1 heterocycles. The number of carbonyl (C=O) groups is 4. The van der Waals surface area contributed by atoms with Crippen LogP contribution in [0, 0.1) is 5.41 Å². The number of benzene rings is 2. The minimum atomic E-state index is -1.71. The maximum atomic E-state index is 12.6. The minimum Gasteiger partial charge on any atom is -0.465 e. The predicted molar refractivity (Wildman–Crippen MR) is 179 cm³/mol. The lowest BCUT2D eigenvalue weighted by Gasteiger charge is -2.55. The molecular formula is C33H44N6O6S.